The SMILES string of the molecule is CC(C)c1ccc(C(=O)N2CCC(NC(=O)c3ccco3)CC2)cc1. The van der Waals surface area contributed by atoms with Crippen LogP contribution in [-0.2, 0) is 0 Å². The van der Waals surface area contributed by atoms with Gasteiger partial charge >= 0.3 is 0 Å². The molecule has 2 aromatic rings. The zero-order valence-corrected chi connectivity index (χ0v) is 14.7. The summed E-state index contributed by atoms with van der Waals surface area (Å²) in [6.45, 7) is 5.57. The van der Waals surface area contributed by atoms with Crippen LogP contribution in [0.1, 0.15) is 59.1 Å². The minimum Gasteiger partial charge on any atom is -0.459 e. The van der Waals surface area contributed by atoms with Crippen molar-refractivity contribution in [1.82, 2.24) is 10.2 Å². The summed E-state index contributed by atoms with van der Waals surface area (Å²) >= 11 is 0. The summed E-state index contributed by atoms with van der Waals surface area (Å²) in [5, 5.41) is 2.97. The Bertz CT molecular complexity index is 712. The molecule has 3 rings (SSSR count). The molecule has 1 N–H and O–H groups in total. The van der Waals surface area contributed by atoms with Crippen molar-refractivity contribution in [3.63, 3.8) is 0 Å². The van der Waals surface area contributed by atoms with E-state index in [0.717, 1.165) is 18.4 Å². The second-order valence-corrected chi connectivity index (χ2v) is 6.79. The van der Waals surface area contributed by atoms with Gasteiger partial charge in [0.15, 0.2) is 5.76 Å². The van der Waals surface area contributed by atoms with Crippen molar-refractivity contribution in [2.75, 3.05) is 13.1 Å². The number of piperidine rings is 1. The summed E-state index contributed by atoms with van der Waals surface area (Å²) in [6, 6.07) is 11.3. The monoisotopic (exact) mass is 340 g/mol. The van der Waals surface area contributed by atoms with Gasteiger partial charge < -0.3 is 14.6 Å². The molecule has 25 heavy (non-hydrogen) atoms. The number of amides is 2. The summed E-state index contributed by atoms with van der Waals surface area (Å²) in [4.78, 5) is 26.5. The second kappa shape index (κ2) is 7.55. The molecule has 132 valence electrons. The summed E-state index contributed by atoms with van der Waals surface area (Å²) in [5.74, 6) is 0.645. The topological polar surface area (TPSA) is 62.6 Å². The van der Waals surface area contributed by atoms with Crippen LogP contribution in [0.25, 0.3) is 0 Å². The molecular formula is C20H24N2O3. The van der Waals surface area contributed by atoms with Crippen LogP contribution in [0.5, 0.6) is 0 Å². The van der Waals surface area contributed by atoms with Gasteiger partial charge in [0, 0.05) is 24.7 Å². The Balaban J connectivity index is 1.53. The van der Waals surface area contributed by atoms with E-state index in [1.54, 1.807) is 12.1 Å². The molecule has 1 aliphatic heterocycles. The summed E-state index contributed by atoms with van der Waals surface area (Å²) in [7, 11) is 0. The standard InChI is InChI=1S/C20H24N2O3/c1-14(2)15-5-7-16(8-6-15)20(24)22-11-9-17(10-12-22)21-19(23)18-4-3-13-25-18/h3-8,13-14,17H,9-12H2,1-2H3,(H,21,23). The molecule has 2 amide bonds. The molecule has 1 aromatic carbocycles. The predicted octanol–water partition coefficient (Wildman–Crippen LogP) is 3.44. The van der Waals surface area contributed by atoms with Crippen LogP contribution in [0.4, 0.5) is 0 Å². The van der Waals surface area contributed by atoms with Gasteiger partial charge in [0.1, 0.15) is 0 Å². The minimum absolute atomic E-state index is 0.0612. The molecule has 1 aromatic heterocycles. The highest BCUT2D eigenvalue weighted by atomic mass is 16.3. The lowest BCUT2D eigenvalue weighted by molar-refractivity contribution is 0.0695. The number of likely N-dealkylation sites (tertiary alicyclic amines) is 1. The molecule has 0 bridgehead atoms. The maximum Gasteiger partial charge on any atom is 0.287 e. The van der Waals surface area contributed by atoms with E-state index in [-0.39, 0.29) is 17.9 Å². The highest BCUT2D eigenvalue weighted by Gasteiger charge is 2.25. The Morgan fingerprint density at radius 3 is 2.36 bits per heavy atom. The lowest BCUT2D eigenvalue weighted by Crippen LogP contribution is -2.46. The van der Waals surface area contributed by atoms with E-state index in [0.29, 0.717) is 24.8 Å². The molecule has 5 heteroatoms. The van der Waals surface area contributed by atoms with E-state index < -0.39 is 0 Å². The number of hydrogen-bond donors (Lipinski definition) is 1. The number of carbonyl (C=O) groups is 2. The van der Waals surface area contributed by atoms with Gasteiger partial charge in [0.2, 0.25) is 0 Å². The number of carbonyl (C=O) groups excluding carboxylic acids is 2. The van der Waals surface area contributed by atoms with Crippen molar-refractivity contribution in [2.24, 2.45) is 0 Å². The minimum atomic E-state index is -0.195. The lowest BCUT2D eigenvalue weighted by atomic mass is 10.0. The highest BCUT2D eigenvalue weighted by molar-refractivity contribution is 5.94. The number of benzene rings is 1. The maximum atomic E-state index is 12.6. The summed E-state index contributed by atoms with van der Waals surface area (Å²) < 4.78 is 5.10. The first-order valence-electron chi connectivity index (χ1n) is 8.78. The highest BCUT2D eigenvalue weighted by Crippen LogP contribution is 2.18. The quantitative estimate of drug-likeness (QED) is 0.927. The molecule has 2 heterocycles. The van der Waals surface area contributed by atoms with Crippen molar-refractivity contribution < 1.29 is 14.0 Å². The molecule has 0 radical (unpaired) electrons. The molecule has 0 spiro atoms. The van der Waals surface area contributed by atoms with E-state index in [9.17, 15) is 9.59 Å². The maximum absolute atomic E-state index is 12.6. The van der Waals surface area contributed by atoms with Crippen molar-refractivity contribution in [1.29, 1.82) is 0 Å². The van der Waals surface area contributed by atoms with Crippen molar-refractivity contribution >= 4 is 11.8 Å². The third-order valence-corrected chi connectivity index (χ3v) is 4.69. The van der Waals surface area contributed by atoms with Gasteiger partial charge in [-0.2, -0.15) is 0 Å². The van der Waals surface area contributed by atoms with E-state index >= 15 is 0 Å². The Labute approximate surface area is 148 Å². The fourth-order valence-corrected chi connectivity index (χ4v) is 3.08. The molecule has 0 aliphatic carbocycles. The van der Waals surface area contributed by atoms with Crippen LogP contribution in [-0.4, -0.2) is 35.8 Å². The number of hydrogen-bond acceptors (Lipinski definition) is 3. The summed E-state index contributed by atoms with van der Waals surface area (Å²) in [6.07, 6.45) is 2.99. The van der Waals surface area contributed by atoms with Gasteiger partial charge in [0.25, 0.3) is 11.8 Å². The third-order valence-electron chi connectivity index (χ3n) is 4.69. The predicted molar refractivity (Wildman–Crippen MR) is 95.6 cm³/mol. The van der Waals surface area contributed by atoms with E-state index in [2.05, 4.69) is 19.2 Å². The second-order valence-electron chi connectivity index (χ2n) is 6.79. The van der Waals surface area contributed by atoms with Crippen LogP contribution >= 0.6 is 0 Å². The summed E-state index contributed by atoms with van der Waals surface area (Å²) in [5.41, 5.74) is 1.96. The normalized spacial score (nSPS) is 15.4. The molecule has 1 fully saturated rings. The molecule has 0 unspecified atom stereocenters. The largest absolute Gasteiger partial charge is 0.459 e. The van der Waals surface area contributed by atoms with Gasteiger partial charge in [-0.25, -0.2) is 0 Å². The van der Waals surface area contributed by atoms with Crippen LogP contribution < -0.4 is 5.32 Å². The van der Waals surface area contributed by atoms with Gasteiger partial charge in [-0.3, -0.25) is 9.59 Å². The molecule has 5 nitrogen and oxygen atoms in total. The average molecular weight is 340 g/mol. The van der Waals surface area contributed by atoms with Crippen molar-refractivity contribution in [3.05, 3.63) is 59.5 Å². The Hall–Kier alpha value is -2.56. The zero-order valence-electron chi connectivity index (χ0n) is 14.7. The number of rotatable bonds is 4. The molecule has 1 saturated heterocycles. The fourth-order valence-electron chi connectivity index (χ4n) is 3.08. The van der Waals surface area contributed by atoms with Crippen LogP contribution in [0.15, 0.2) is 47.1 Å². The van der Waals surface area contributed by atoms with Gasteiger partial charge in [-0.1, -0.05) is 26.0 Å². The Morgan fingerprint density at radius 1 is 1.12 bits per heavy atom. The van der Waals surface area contributed by atoms with Gasteiger partial charge in [0.05, 0.1) is 6.26 Å². The Kier molecular flexibility index (Phi) is 5.22. The molecule has 0 saturated carbocycles. The number of nitrogens with one attached hydrogen (secondary N) is 1. The number of nitrogens with zero attached hydrogens (tertiary/aromatic N) is 1. The van der Waals surface area contributed by atoms with Crippen molar-refractivity contribution in [2.45, 2.75) is 38.6 Å². The molecular weight excluding hydrogens is 316 g/mol. The van der Waals surface area contributed by atoms with Crippen LogP contribution in [0.2, 0.25) is 0 Å². The van der Waals surface area contributed by atoms with Gasteiger partial charge in [-0.15, -0.1) is 0 Å². The molecule has 0 atom stereocenters. The van der Waals surface area contributed by atoms with E-state index in [1.165, 1.54) is 11.8 Å². The van der Waals surface area contributed by atoms with E-state index in [1.807, 2.05) is 29.2 Å². The van der Waals surface area contributed by atoms with Crippen LogP contribution in [0.3, 0.4) is 0 Å². The third kappa shape index (κ3) is 4.10. The average Bonchev–Trinajstić information content (AvgIpc) is 3.17. The van der Waals surface area contributed by atoms with Crippen molar-refractivity contribution in [3.8, 4) is 0 Å². The Morgan fingerprint density at radius 2 is 1.80 bits per heavy atom. The molecule has 1 aliphatic rings. The smallest absolute Gasteiger partial charge is 0.287 e. The lowest BCUT2D eigenvalue weighted by Gasteiger charge is -2.32. The van der Waals surface area contributed by atoms with Gasteiger partial charge in [-0.05, 0) is 48.6 Å². The zero-order chi connectivity index (χ0) is 17.8. The first kappa shape index (κ1) is 17.3. The van der Waals surface area contributed by atoms with Crippen LogP contribution in [0, 0.1) is 0 Å². The van der Waals surface area contributed by atoms with E-state index in [4.69, 9.17) is 4.42 Å². The fraction of sp³-hybridized carbons (Fsp3) is 0.400. The number of furan rings is 1. The first-order chi connectivity index (χ1) is 12.0. The first-order valence-corrected chi connectivity index (χ1v) is 8.78.